The normalized spacial score (nSPS) is 14.2. The zero-order valence-electron chi connectivity index (χ0n) is 37.1. The molecule has 7 rings (SSSR count). The minimum absolute atomic E-state index is 0.181. The number of ether oxygens (including phenoxy) is 2. The van der Waals surface area contributed by atoms with Crippen molar-refractivity contribution in [2.24, 2.45) is 0 Å². The first-order valence-corrected chi connectivity index (χ1v) is 23.4. The second-order valence-corrected chi connectivity index (χ2v) is 17.5. The summed E-state index contributed by atoms with van der Waals surface area (Å²) in [6, 6.07) is 10.9. The average molecular weight is 815 g/mol. The van der Waals surface area contributed by atoms with E-state index in [1.165, 1.54) is 0 Å². The maximum absolute atomic E-state index is 14.8. The first kappa shape index (κ1) is 43.4. The summed E-state index contributed by atoms with van der Waals surface area (Å²) >= 11 is 0. The van der Waals surface area contributed by atoms with Crippen molar-refractivity contribution in [3.05, 3.63) is 58.7 Å². The molecule has 0 aromatic heterocycles. The Bertz CT molecular complexity index is 2190. The maximum Gasteiger partial charge on any atom is 0.261 e. The van der Waals surface area contributed by atoms with Gasteiger partial charge in [0, 0.05) is 55.5 Å². The second-order valence-electron chi connectivity index (χ2n) is 17.5. The number of hydrogen-bond donors (Lipinski definition) is 0. The number of amides is 4. The first-order chi connectivity index (χ1) is 29.3. The number of hydrogen-bond acceptors (Lipinski definition) is 6. The molecule has 0 N–H and O–H groups in total. The van der Waals surface area contributed by atoms with Crippen molar-refractivity contribution in [2.45, 2.75) is 168 Å². The highest BCUT2D eigenvalue weighted by molar-refractivity contribution is 6.43. The zero-order chi connectivity index (χ0) is 42.5. The van der Waals surface area contributed by atoms with E-state index in [9.17, 15) is 19.2 Å². The lowest BCUT2D eigenvalue weighted by Crippen LogP contribution is -2.47. The van der Waals surface area contributed by atoms with Crippen LogP contribution in [-0.2, 0) is 0 Å². The third kappa shape index (κ3) is 7.73. The number of unbranched alkanes of at least 4 members (excludes halogenated alkanes) is 12. The molecule has 4 amide bonds. The monoisotopic (exact) mass is 814 g/mol. The van der Waals surface area contributed by atoms with E-state index >= 15 is 0 Å². The summed E-state index contributed by atoms with van der Waals surface area (Å²) in [6.45, 7) is 8.77. The van der Waals surface area contributed by atoms with Crippen molar-refractivity contribution in [3.63, 3.8) is 0 Å². The van der Waals surface area contributed by atoms with Gasteiger partial charge in [-0.15, -0.1) is 0 Å². The molecule has 2 heterocycles. The molecular formula is C52H66N2O6. The largest absolute Gasteiger partial charge is 0.496 e. The molecule has 2 aliphatic rings. The zero-order valence-corrected chi connectivity index (χ0v) is 37.1. The molecule has 0 radical (unpaired) electrons. The highest BCUT2D eigenvalue weighted by Crippen LogP contribution is 2.52. The molecule has 0 atom stereocenters. The molecule has 0 fully saturated rings. The Morgan fingerprint density at radius 1 is 0.400 bits per heavy atom. The minimum Gasteiger partial charge on any atom is -0.496 e. The van der Waals surface area contributed by atoms with E-state index in [0.717, 1.165) is 161 Å². The molecule has 5 aromatic rings. The summed E-state index contributed by atoms with van der Waals surface area (Å²) in [4.78, 5) is 62.2. The van der Waals surface area contributed by atoms with Gasteiger partial charge < -0.3 is 9.47 Å². The van der Waals surface area contributed by atoms with Crippen molar-refractivity contribution in [2.75, 3.05) is 14.2 Å². The fourth-order valence-electron chi connectivity index (χ4n) is 10.4. The Kier molecular flexibility index (Phi) is 14.0. The van der Waals surface area contributed by atoms with Crippen LogP contribution in [0.3, 0.4) is 0 Å². The Morgan fingerprint density at radius 2 is 0.717 bits per heavy atom. The maximum atomic E-state index is 14.8. The third-order valence-corrected chi connectivity index (χ3v) is 13.6. The van der Waals surface area contributed by atoms with Gasteiger partial charge in [-0.25, -0.2) is 0 Å². The summed E-state index contributed by atoms with van der Waals surface area (Å²) in [5.41, 5.74) is 1.95. The predicted molar refractivity (Wildman–Crippen MR) is 244 cm³/mol. The summed E-state index contributed by atoms with van der Waals surface area (Å²) in [7, 11) is 3.23. The van der Waals surface area contributed by atoms with E-state index in [-0.39, 0.29) is 35.7 Å². The van der Waals surface area contributed by atoms with Crippen LogP contribution in [0.2, 0.25) is 0 Å². The van der Waals surface area contributed by atoms with Crippen LogP contribution in [0.1, 0.15) is 198 Å². The van der Waals surface area contributed by atoms with Crippen LogP contribution in [-0.4, -0.2) is 59.7 Å². The number of nitrogens with zero attached hydrogens (tertiary/aromatic N) is 2. The van der Waals surface area contributed by atoms with Gasteiger partial charge in [-0.3, -0.25) is 29.0 Å². The Balaban J connectivity index is 1.39. The highest BCUT2D eigenvalue weighted by Gasteiger charge is 2.42. The summed E-state index contributed by atoms with van der Waals surface area (Å²) in [5.74, 6) is -0.0116. The summed E-state index contributed by atoms with van der Waals surface area (Å²) < 4.78 is 12.3. The molecule has 2 aliphatic heterocycles. The number of imide groups is 2. The molecule has 320 valence electrons. The topological polar surface area (TPSA) is 93.2 Å². The lowest BCUT2D eigenvalue weighted by Gasteiger charge is -2.36. The fraction of sp³-hybridized carbons (Fsp3) is 0.538. The van der Waals surface area contributed by atoms with Gasteiger partial charge in [0.15, 0.2) is 0 Å². The number of rotatable bonds is 24. The molecule has 0 spiro atoms. The molecule has 0 saturated carbocycles. The quantitative estimate of drug-likeness (QED) is 0.0266. The van der Waals surface area contributed by atoms with Gasteiger partial charge in [-0.2, -0.15) is 0 Å². The van der Waals surface area contributed by atoms with Gasteiger partial charge in [0.2, 0.25) is 0 Å². The number of benzene rings is 5. The molecule has 0 unspecified atom stereocenters. The molecule has 8 nitrogen and oxygen atoms in total. The average Bonchev–Trinajstić information content (AvgIpc) is 3.26. The van der Waals surface area contributed by atoms with Crippen LogP contribution in [0, 0.1) is 0 Å². The van der Waals surface area contributed by atoms with Crippen LogP contribution in [0.4, 0.5) is 0 Å². The molecular weight excluding hydrogens is 749 g/mol. The molecule has 60 heavy (non-hydrogen) atoms. The number of carbonyl (C=O) groups excluding carboxylic acids is 4. The van der Waals surface area contributed by atoms with Gasteiger partial charge in [0.05, 0.1) is 25.3 Å². The van der Waals surface area contributed by atoms with Crippen molar-refractivity contribution in [3.8, 4) is 11.5 Å². The molecule has 0 saturated heterocycles. The van der Waals surface area contributed by atoms with Gasteiger partial charge in [0.1, 0.15) is 11.5 Å². The van der Waals surface area contributed by atoms with Gasteiger partial charge in [0.25, 0.3) is 23.6 Å². The number of fused-ring (bicyclic) bond motifs is 2. The number of carbonyl (C=O) groups is 4. The van der Waals surface area contributed by atoms with E-state index in [4.69, 9.17) is 9.47 Å². The molecule has 0 aliphatic carbocycles. The molecule has 5 aromatic carbocycles. The smallest absolute Gasteiger partial charge is 0.261 e. The first-order valence-electron chi connectivity index (χ1n) is 23.4. The summed E-state index contributed by atoms with van der Waals surface area (Å²) in [5, 5.41) is 5.84. The molecule has 0 bridgehead atoms. The van der Waals surface area contributed by atoms with Gasteiger partial charge >= 0.3 is 0 Å². The van der Waals surface area contributed by atoms with E-state index < -0.39 is 0 Å². The lowest BCUT2D eigenvalue weighted by molar-refractivity contribution is 0.0501. The lowest BCUT2D eigenvalue weighted by atomic mass is 9.81. The Morgan fingerprint density at radius 3 is 1.02 bits per heavy atom. The van der Waals surface area contributed by atoms with Crippen LogP contribution in [0.15, 0.2) is 36.4 Å². The van der Waals surface area contributed by atoms with Crippen LogP contribution < -0.4 is 9.47 Å². The van der Waals surface area contributed by atoms with E-state index in [1.54, 1.807) is 24.0 Å². The van der Waals surface area contributed by atoms with Gasteiger partial charge in [-0.1, -0.05) is 143 Å². The summed E-state index contributed by atoms with van der Waals surface area (Å²) in [6.07, 6.45) is 20.4. The van der Waals surface area contributed by atoms with Crippen molar-refractivity contribution in [1.29, 1.82) is 0 Å². The predicted octanol–water partition coefficient (Wildman–Crippen LogP) is 13.6. The van der Waals surface area contributed by atoms with Crippen molar-refractivity contribution in [1.82, 2.24) is 9.80 Å². The van der Waals surface area contributed by atoms with Crippen LogP contribution in [0.5, 0.6) is 11.5 Å². The SMILES string of the molecule is CCCCCCC(CCCCCC)N1C(=O)c2ccc3c4c(OC)cc5c6c(ccc(c7c(OC)cc(c2c37)C1=O)c64)C(=O)N(C(CCCCCC)CCCCCC)C5=O. The fourth-order valence-corrected chi connectivity index (χ4v) is 10.4. The highest BCUT2D eigenvalue weighted by atomic mass is 16.5. The van der Waals surface area contributed by atoms with E-state index in [0.29, 0.717) is 44.5 Å². The third-order valence-electron chi connectivity index (χ3n) is 13.6. The van der Waals surface area contributed by atoms with Crippen LogP contribution in [0.25, 0.3) is 43.1 Å². The van der Waals surface area contributed by atoms with Crippen molar-refractivity contribution < 1.29 is 28.7 Å². The van der Waals surface area contributed by atoms with Gasteiger partial charge in [-0.05, 0) is 60.7 Å². The standard InChI is InChI=1S/C52H66N2O6/c1-7-11-15-19-23-33(24-20-16-12-8-2)53-49(55)37-29-27-35-46-42(60-6)32-40-44-38(50(56)54(52(40)58)34(25-21-17-13-9-3)26-22-18-14-10-4)30-28-36(48(44)46)45-41(59-5)31-39(51(53)57)43(37)47(35)45/h27-34H,7-26H2,1-6H3. The minimum atomic E-state index is -0.274. The van der Waals surface area contributed by atoms with E-state index in [2.05, 4.69) is 27.7 Å². The Labute approximate surface area is 356 Å². The Hall–Kier alpha value is -4.72. The van der Waals surface area contributed by atoms with E-state index in [1.807, 2.05) is 36.4 Å². The van der Waals surface area contributed by atoms with Crippen molar-refractivity contribution >= 4 is 66.7 Å². The number of methoxy groups -OCH3 is 2. The molecule has 8 heteroatoms. The van der Waals surface area contributed by atoms with Crippen LogP contribution >= 0.6 is 0 Å². The second kappa shape index (κ2) is 19.3.